The van der Waals surface area contributed by atoms with Crippen molar-refractivity contribution in [1.29, 1.82) is 0 Å². The second-order valence-electron chi connectivity index (χ2n) is 6.58. The van der Waals surface area contributed by atoms with Crippen molar-refractivity contribution in [3.8, 4) is 5.75 Å². The molecule has 1 unspecified atom stereocenters. The number of carbonyl (C=O) groups excluding carboxylic acids is 1. The molecule has 1 heterocycles. The summed E-state index contributed by atoms with van der Waals surface area (Å²) in [6, 6.07) is 27.7. The summed E-state index contributed by atoms with van der Waals surface area (Å²) < 4.78 is 5.23. The Labute approximate surface area is 165 Å². The normalized spacial score (nSPS) is 17.8. The molecule has 0 saturated carbocycles. The Morgan fingerprint density at radius 3 is 2.14 bits per heavy atom. The van der Waals surface area contributed by atoms with Crippen molar-refractivity contribution in [2.45, 2.75) is 6.04 Å². The van der Waals surface area contributed by atoms with Crippen molar-refractivity contribution < 1.29 is 9.53 Å². The van der Waals surface area contributed by atoms with Crippen LogP contribution in [0.2, 0.25) is 0 Å². The van der Waals surface area contributed by atoms with Gasteiger partial charge in [0.05, 0.1) is 13.2 Å². The molecule has 0 aliphatic carbocycles. The van der Waals surface area contributed by atoms with Gasteiger partial charge in [-0.2, -0.15) is 0 Å². The van der Waals surface area contributed by atoms with Crippen molar-refractivity contribution in [2.24, 2.45) is 0 Å². The number of nitrogens with zero attached hydrogens (tertiary/aromatic N) is 1. The predicted octanol–water partition coefficient (Wildman–Crippen LogP) is 5.42. The van der Waals surface area contributed by atoms with Crippen LogP contribution in [-0.4, -0.2) is 13.0 Å². The summed E-state index contributed by atoms with van der Waals surface area (Å²) in [5.41, 5.74) is 3.85. The Morgan fingerprint density at radius 1 is 0.857 bits per heavy atom. The minimum Gasteiger partial charge on any atom is -0.497 e. The zero-order chi connectivity index (χ0) is 19.3. The molecule has 138 valence electrons. The van der Waals surface area contributed by atoms with Crippen molar-refractivity contribution in [3.05, 3.63) is 114 Å². The molecule has 3 aromatic carbocycles. The van der Waals surface area contributed by atoms with Gasteiger partial charge in [-0.3, -0.25) is 9.69 Å². The summed E-state index contributed by atoms with van der Waals surface area (Å²) in [4.78, 5) is 14.8. The maximum absolute atomic E-state index is 12.9. The zero-order valence-corrected chi connectivity index (χ0v) is 15.7. The second kappa shape index (κ2) is 7.97. The van der Waals surface area contributed by atoms with E-state index in [1.165, 1.54) is 0 Å². The number of ether oxygens (including phenoxy) is 1. The monoisotopic (exact) mass is 367 g/mol. The lowest BCUT2D eigenvalue weighted by atomic mass is 9.87. The summed E-state index contributed by atoms with van der Waals surface area (Å²) in [5, 5.41) is 0. The summed E-state index contributed by atoms with van der Waals surface area (Å²) in [5.74, 6) is 0.797. The van der Waals surface area contributed by atoms with E-state index in [-0.39, 0.29) is 11.9 Å². The highest BCUT2D eigenvalue weighted by atomic mass is 16.5. The van der Waals surface area contributed by atoms with Crippen molar-refractivity contribution in [2.75, 3.05) is 12.0 Å². The minimum absolute atomic E-state index is 0.0248. The van der Waals surface area contributed by atoms with E-state index in [2.05, 4.69) is 12.1 Å². The van der Waals surface area contributed by atoms with Crippen LogP contribution in [0.4, 0.5) is 5.69 Å². The number of hydrogen-bond acceptors (Lipinski definition) is 2. The Hall–Kier alpha value is -3.59. The van der Waals surface area contributed by atoms with Crippen LogP contribution < -0.4 is 9.64 Å². The average molecular weight is 367 g/mol. The number of allylic oxidation sites excluding steroid dienone is 2. The van der Waals surface area contributed by atoms with Gasteiger partial charge in [0.1, 0.15) is 5.75 Å². The molecule has 0 radical (unpaired) electrons. The fourth-order valence-corrected chi connectivity index (χ4v) is 3.41. The number of hydrogen-bond donors (Lipinski definition) is 0. The Kier molecular flexibility index (Phi) is 5.07. The van der Waals surface area contributed by atoms with E-state index >= 15 is 0 Å². The molecule has 0 N–H and O–H groups in total. The Balaban J connectivity index is 1.65. The van der Waals surface area contributed by atoms with E-state index in [9.17, 15) is 4.79 Å². The lowest BCUT2D eigenvalue weighted by molar-refractivity contribution is -0.119. The van der Waals surface area contributed by atoms with E-state index in [0.717, 1.165) is 28.1 Å². The lowest BCUT2D eigenvalue weighted by Gasteiger charge is -2.43. The van der Waals surface area contributed by atoms with Gasteiger partial charge in [-0.15, -0.1) is 0 Å². The van der Waals surface area contributed by atoms with Crippen molar-refractivity contribution in [3.63, 3.8) is 0 Å². The van der Waals surface area contributed by atoms with Gasteiger partial charge in [-0.1, -0.05) is 78.9 Å². The molecule has 0 aromatic heterocycles. The quantitative estimate of drug-likeness (QED) is 0.445. The van der Waals surface area contributed by atoms with Gasteiger partial charge in [0.15, 0.2) is 0 Å². The molecule has 1 saturated heterocycles. The summed E-state index contributed by atoms with van der Waals surface area (Å²) in [6.45, 7) is 0. The minimum atomic E-state index is -0.0949. The van der Waals surface area contributed by atoms with E-state index < -0.39 is 0 Å². The van der Waals surface area contributed by atoms with Crippen LogP contribution in [0.25, 0.3) is 6.08 Å². The summed E-state index contributed by atoms with van der Waals surface area (Å²) in [6.07, 6.45) is 5.88. The van der Waals surface area contributed by atoms with Gasteiger partial charge in [0, 0.05) is 11.3 Å². The third-order valence-electron chi connectivity index (χ3n) is 4.85. The molecule has 0 spiro atoms. The van der Waals surface area contributed by atoms with Gasteiger partial charge in [0.25, 0.3) is 5.91 Å². The van der Waals surface area contributed by atoms with Gasteiger partial charge >= 0.3 is 0 Å². The van der Waals surface area contributed by atoms with Gasteiger partial charge in [-0.05, 0) is 35.4 Å². The summed E-state index contributed by atoms with van der Waals surface area (Å²) >= 11 is 0. The van der Waals surface area contributed by atoms with Crippen LogP contribution in [0, 0.1) is 0 Å². The van der Waals surface area contributed by atoms with Gasteiger partial charge in [0.2, 0.25) is 0 Å². The molecule has 1 aliphatic heterocycles. The number of carbonyl (C=O) groups is 1. The van der Waals surface area contributed by atoms with Crippen molar-refractivity contribution >= 4 is 17.7 Å². The molecule has 1 amide bonds. The molecule has 3 heteroatoms. The summed E-state index contributed by atoms with van der Waals surface area (Å²) in [7, 11) is 1.64. The third-order valence-corrected chi connectivity index (χ3v) is 4.85. The second-order valence-corrected chi connectivity index (χ2v) is 6.58. The number of amides is 1. The third kappa shape index (κ3) is 3.47. The fourth-order valence-electron chi connectivity index (χ4n) is 3.41. The molecule has 3 nitrogen and oxygen atoms in total. The topological polar surface area (TPSA) is 29.5 Å². The number of methoxy groups -OCH3 is 1. The van der Waals surface area contributed by atoms with Crippen LogP contribution in [0.5, 0.6) is 5.75 Å². The maximum Gasteiger partial charge on any atom is 0.257 e. The molecule has 0 bridgehead atoms. The highest BCUT2D eigenvalue weighted by Gasteiger charge is 2.43. The van der Waals surface area contributed by atoms with Crippen LogP contribution in [0.15, 0.2) is 103 Å². The molecule has 28 heavy (non-hydrogen) atoms. The standard InChI is InChI=1S/C25H21NO2/c1-28-22-17-15-21(16-18-22)26-24(20-12-6-3-7-13-20)23(25(26)27)14-8-11-19-9-4-2-5-10-19/h2-18,24H,1H3/b11-8+,23-14-. The van der Waals surface area contributed by atoms with E-state index in [1.807, 2.05) is 95.9 Å². The van der Waals surface area contributed by atoms with Crippen LogP contribution in [-0.2, 0) is 4.79 Å². The van der Waals surface area contributed by atoms with Crippen LogP contribution in [0.1, 0.15) is 17.2 Å². The van der Waals surface area contributed by atoms with Gasteiger partial charge in [-0.25, -0.2) is 0 Å². The average Bonchev–Trinajstić information content (AvgIpc) is 2.76. The van der Waals surface area contributed by atoms with E-state index in [1.54, 1.807) is 7.11 Å². The first kappa shape index (κ1) is 17.8. The van der Waals surface area contributed by atoms with Crippen LogP contribution >= 0.6 is 0 Å². The van der Waals surface area contributed by atoms with Crippen molar-refractivity contribution in [1.82, 2.24) is 0 Å². The molecular weight excluding hydrogens is 346 g/mol. The van der Waals surface area contributed by atoms with E-state index in [4.69, 9.17) is 4.74 Å². The number of anilines is 1. The SMILES string of the molecule is COc1ccc(N2C(=O)/C(=C\C=C\c3ccccc3)C2c2ccccc2)cc1. The first-order chi connectivity index (χ1) is 13.8. The molecule has 4 rings (SSSR count). The number of rotatable bonds is 5. The first-order valence-electron chi connectivity index (χ1n) is 9.24. The molecular formula is C25H21NO2. The smallest absolute Gasteiger partial charge is 0.257 e. The largest absolute Gasteiger partial charge is 0.497 e. The Morgan fingerprint density at radius 2 is 1.50 bits per heavy atom. The molecule has 1 aliphatic rings. The van der Waals surface area contributed by atoms with E-state index in [0.29, 0.717) is 0 Å². The fraction of sp³-hybridized carbons (Fsp3) is 0.0800. The maximum atomic E-state index is 12.9. The molecule has 1 atom stereocenters. The molecule has 1 fully saturated rings. The number of benzene rings is 3. The highest BCUT2D eigenvalue weighted by molar-refractivity contribution is 6.15. The predicted molar refractivity (Wildman–Crippen MR) is 113 cm³/mol. The molecule has 3 aromatic rings. The van der Waals surface area contributed by atoms with Crippen LogP contribution in [0.3, 0.4) is 0 Å². The Bertz CT molecular complexity index is 1010. The lowest BCUT2D eigenvalue weighted by Crippen LogP contribution is -2.49. The van der Waals surface area contributed by atoms with Gasteiger partial charge < -0.3 is 4.74 Å². The first-order valence-corrected chi connectivity index (χ1v) is 9.24. The highest BCUT2D eigenvalue weighted by Crippen LogP contribution is 2.43. The number of β-lactam (4-membered cyclic amide) rings is 1. The zero-order valence-electron chi connectivity index (χ0n) is 15.7.